The van der Waals surface area contributed by atoms with Gasteiger partial charge in [0.1, 0.15) is 5.75 Å². The Bertz CT molecular complexity index is 1820. The third-order valence-corrected chi connectivity index (χ3v) is 8.83. The first-order valence-corrected chi connectivity index (χ1v) is 16.2. The summed E-state index contributed by atoms with van der Waals surface area (Å²) in [6.07, 6.45) is 0. The van der Waals surface area contributed by atoms with Gasteiger partial charge in [-0.15, -0.1) is 0 Å². The van der Waals surface area contributed by atoms with Gasteiger partial charge < -0.3 is 24.3 Å². The minimum absolute atomic E-state index is 0.0772. The SMILES string of the molecule is COC(=O)c1cc(Oc2nc3cc(-c4ccc(-c5ccc(CN6CCN(CCOCCO)CC6)cc5)cc4)c(Cl)cc3[nH]2)ccc1C. The second-order valence-corrected chi connectivity index (χ2v) is 12.1. The van der Waals surface area contributed by atoms with E-state index in [-0.39, 0.29) is 6.61 Å². The number of aliphatic hydroxyl groups excluding tert-OH is 1. The molecule has 9 nitrogen and oxygen atoms in total. The lowest BCUT2D eigenvalue weighted by Gasteiger charge is -2.34. The number of fused-ring (bicyclic) bond motifs is 1. The molecule has 0 bridgehead atoms. The number of rotatable bonds is 12. The second-order valence-electron chi connectivity index (χ2n) is 11.7. The van der Waals surface area contributed by atoms with Crippen molar-refractivity contribution < 1.29 is 24.1 Å². The average Bonchev–Trinajstić information content (AvgIpc) is 3.48. The number of ether oxygens (including phenoxy) is 3. The predicted octanol–water partition coefficient (Wildman–Crippen LogP) is 6.56. The maximum atomic E-state index is 12.1. The number of hydrogen-bond donors (Lipinski definition) is 2. The van der Waals surface area contributed by atoms with Crippen LogP contribution in [0.2, 0.25) is 5.02 Å². The fraction of sp³-hybridized carbons (Fsp3) is 0.297. The number of carbonyl (C=O) groups is 1. The first kappa shape index (κ1) is 32.7. The van der Waals surface area contributed by atoms with E-state index in [2.05, 4.69) is 68.3 Å². The summed E-state index contributed by atoms with van der Waals surface area (Å²) < 4.78 is 16.2. The molecule has 10 heteroatoms. The number of carbonyl (C=O) groups excluding carboxylic acids is 1. The van der Waals surface area contributed by atoms with Crippen LogP contribution in [0.25, 0.3) is 33.3 Å². The number of aliphatic hydroxyl groups is 1. The number of aromatic amines is 1. The molecule has 1 saturated heterocycles. The molecule has 1 aliphatic rings. The van der Waals surface area contributed by atoms with Crippen molar-refractivity contribution >= 4 is 28.6 Å². The van der Waals surface area contributed by atoms with Crippen molar-refractivity contribution in [3.8, 4) is 34.0 Å². The molecule has 47 heavy (non-hydrogen) atoms. The Hall–Kier alpha value is -4.25. The summed E-state index contributed by atoms with van der Waals surface area (Å²) in [6.45, 7) is 8.99. The second kappa shape index (κ2) is 15.1. The van der Waals surface area contributed by atoms with E-state index in [9.17, 15) is 4.79 Å². The number of aryl methyl sites for hydroxylation is 1. The third kappa shape index (κ3) is 8.01. The van der Waals surface area contributed by atoms with E-state index in [0.717, 1.165) is 72.6 Å². The van der Waals surface area contributed by atoms with Crippen LogP contribution in [0, 0.1) is 6.92 Å². The van der Waals surface area contributed by atoms with Gasteiger partial charge in [0.05, 0.1) is 48.5 Å². The van der Waals surface area contributed by atoms with Crippen LogP contribution in [0.5, 0.6) is 11.8 Å². The first-order chi connectivity index (χ1) is 22.9. The highest BCUT2D eigenvalue weighted by molar-refractivity contribution is 6.34. The lowest BCUT2D eigenvalue weighted by atomic mass is 9.99. The molecule has 1 aromatic heterocycles. The van der Waals surface area contributed by atoms with Crippen molar-refractivity contribution in [3.05, 3.63) is 101 Å². The number of piperazine rings is 1. The number of nitrogens with one attached hydrogen (secondary N) is 1. The van der Waals surface area contributed by atoms with Crippen molar-refractivity contribution in [2.45, 2.75) is 13.5 Å². The largest absolute Gasteiger partial charge is 0.465 e. The summed E-state index contributed by atoms with van der Waals surface area (Å²) >= 11 is 6.73. The Labute approximate surface area is 279 Å². The van der Waals surface area contributed by atoms with Crippen molar-refractivity contribution in [1.82, 2.24) is 19.8 Å². The van der Waals surface area contributed by atoms with Gasteiger partial charge in [-0.1, -0.05) is 66.2 Å². The molecule has 0 aliphatic carbocycles. The summed E-state index contributed by atoms with van der Waals surface area (Å²) in [5, 5.41) is 9.45. The molecule has 1 fully saturated rings. The van der Waals surface area contributed by atoms with E-state index in [4.69, 9.17) is 30.9 Å². The van der Waals surface area contributed by atoms with Crippen LogP contribution in [-0.2, 0) is 16.0 Å². The number of halogens is 1. The summed E-state index contributed by atoms with van der Waals surface area (Å²) in [5.74, 6) is 0.0530. The summed E-state index contributed by atoms with van der Waals surface area (Å²) in [7, 11) is 1.35. The number of methoxy groups -OCH3 is 1. The molecule has 0 atom stereocenters. The number of hydrogen-bond acceptors (Lipinski definition) is 8. The molecule has 0 unspecified atom stereocenters. The predicted molar refractivity (Wildman–Crippen MR) is 184 cm³/mol. The normalized spacial score (nSPS) is 14.0. The van der Waals surface area contributed by atoms with Gasteiger partial charge in [-0.05, 0) is 59.0 Å². The van der Waals surface area contributed by atoms with Gasteiger partial charge in [-0.3, -0.25) is 9.80 Å². The van der Waals surface area contributed by atoms with Crippen molar-refractivity contribution in [2.24, 2.45) is 0 Å². The maximum Gasteiger partial charge on any atom is 0.338 e. The van der Waals surface area contributed by atoms with Gasteiger partial charge in [0.25, 0.3) is 6.01 Å². The van der Waals surface area contributed by atoms with Crippen molar-refractivity contribution in [3.63, 3.8) is 0 Å². The number of nitrogens with zero attached hydrogens (tertiary/aromatic N) is 3. The first-order valence-electron chi connectivity index (χ1n) is 15.8. The molecule has 2 heterocycles. The third-order valence-electron chi connectivity index (χ3n) is 8.52. The minimum Gasteiger partial charge on any atom is -0.465 e. The van der Waals surface area contributed by atoms with Gasteiger partial charge in [0, 0.05) is 44.8 Å². The Morgan fingerprint density at radius 2 is 1.57 bits per heavy atom. The van der Waals surface area contributed by atoms with E-state index in [1.165, 1.54) is 12.7 Å². The molecule has 0 saturated carbocycles. The zero-order valence-electron chi connectivity index (χ0n) is 26.7. The van der Waals surface area contributed by atoms with E-state index < -0.39 is 5.97 Å². The summed E-state index contributed by atoms with van der Waals surface area (Å²) in [4.78, 5) is 24.8. The molecule has 2 N–H and O–H groups in total. The van der Waals surface area contributed by atoms with Crippen LogP contribution >= 0.6 is 11.6 Å². The Morgan fingerprint density at radius 1 is 0.894 bits per heavy atom. The van der Waals surface area contributed by atoms with E-state index in [1.54, 1.807) is 12.1 Å². The lowest BCUT2D eigenvalue weighted by Crippen LogP contribution is -2.46. The minimum atomic E-state index is -0.420. The zero-order valence-corrected chi connectivity index (χ0v) is 27.4. The maximum absolute atomic E-state index is 12.1. The van der Waals surface area contributed by atoms with Crippen LogP contribution in [0.15, 0.2) is 78.9 Å². The van der Waals surface area contributed by atoms with E-state index in [0.29, 0.717) is 41.1 Å². The van der Waals surface area contributed by atoms with E-state index >= 15 is 0 Å². The highest BCUT2D eigenvalue weighted by atomic mass is 35.5. The summed E-state index contributed by atoms with van der Waals surface area (Å²) in [6, 6.07) is 26.5. The topological polar surface area (TPSA) is 100 Å². The molecule has 6 rings (SSSR count). The molecular weight excluding hydrogens is 616 g/mol. The fourth-order valence-corrected chi connectivity index (χ4v) is 6.09. The number of esters is 1. The van der Waals surface area contributed by atoms with Crippen LogP contribution in [0.1, 0.15) is 21.5 Å². The van der Waals surface area contributed by atoms with Gasteiger partial charge in [-0.2, -0.15) is 4.98 Å². The quantitative estimate of drug-likeness (QED) is 0.115. The number of H-pyrrole nitrogens is 1. The monoisotopic (exact) mass is 654 g/mol. The highest BCUT2D eigenvalue weighted by Gasteiger charge is 2.17. The molecular formula is C37H39ClN4O5. The Kier molecular flexibility index (Phi) is 10.5. The van der Waals surface area contributed by atoms with Gasteiger partial charge in [0.2, 0.25) is 0 Å². The number of benzene rings is 4. The molecule has 0 amide bonds. The lowest BCUT2D eigenvalue weighted by molar-refractivity contribution is 0.0564. The molecule has 4 aromatic carbocycles. The smallest absolute Gasteiger partial charge is 0.338 e. The van der Waals surface area contributed by atoms with Crippen LogP contribution in [0.3, 0.4) is 0 Å². The average molecular weight is 655 g/mol. The zero-order chi connectivity index (χ0) is 32.8. The van der Waals surface area contributed by atoms with Gasteiger partial charge >= 0.3 is 5.97 Å². The van der Waals surface area contributed by atoms with Crippen LogP contribution < -0.4 is 4.74 Å². The molecule has 1 aliphatic heterocycles. The van der Waals surface area contributed by atoms with Gasteiger partial charge in [-0.25, -0.2) is 4.79 Å². The van der Waals surface area contributed by atoms with Gasteiger partial charge in [0.15, 0.2) is 0 Å². The standard InChI is InChI=1S/C37H39ClN4O5/c1-25-3-12-30(21-31(25)36(44)45-2)47-37-39-34-22-32(33(38)23-35(34)40-37)29-10-8-28(9-11-29)27-6-4-26(5-7-27)24-42-15-13-41(14-16-42)17-19-46-20-18-43/h3-12,21-23,43H,13-20,24H2,1-2H3,(H,39,40). The van der Waals surface area contributed by atoms with Crippen LogP contribution in [0.4, 0.5) is 0 Å². The van der Waals surface area contributed by atoms with E-state index in [1.807, 2.05) is 25.1 Å². The van der Waals surface area contributed by atoms with Crippen LogP contribution in [-0.4, -0.2) is 90.5 Å². The Balaban J connectivity index is 1.08. The van der Waals surface area contributed by atoms with Crippen molar-refractivity contribution in [1.29, 1.82) is 0 Å². The molecule has 244 valence electrons. The summed E-state index contributed by atoms with van der Waals surface area (Å²) in [5.41, 5.74) is 8.16. The number of imidazole rings is 1. The van der Waals surface area contributed by atoms with Crippen molar-refractivity contribution in [2.75, 3.05) is 59.7 Å². The highest BCUT2D eigenvalue weighted by Crippen LogP contribution is 2.34. The molecule has 0 spiro atoms. The number of aromatic nitrogens is 2. The molecule has 5 aromatic rings. The Morgan fingerprint density at radius 3 is 2.28 bits per heavy atom. The molecule has 0 radical (unpaired) electrons. The fourth-order valence-electron chi connectivity index (χ4n) is 5.82.